The second-order valence-corrected chi connectivity index (χ2v) is 4.50. The van der Waals surface area contributed by atoms with E-state index in [0.717, 1.165) is 24.2 Å². The molecule has 0 aliphatic carbocycles. The van der Waals surface area contributed by atoms with E-state index in [0.29, 0.717) is 25.1 Å². The fourth-order valence-electron chi connectivity index (χ4n) is 2.10. The lowest BCUT2D eigenvalue weighted by Crippen LogP contribution is -2.36. The second-order valence-electron chi connectivity index (χ2n) is 4.50. The summed E-state index contributed by atoms with van der Waals surface area (Å²) in [5, 5.41) is 13.4. The molecule has 0 saturated carbocycles. The molecule has 2 aromatic rings. The van der Waals surface area contributed by atoms with E-state index >= 15 is 0 Å². The summed E-state index contributed by atoms with van der Waals surface area (Å²) in [7, 11) is 0. The molecule has 19 heavy (non-hydrogen) atoms. The summed E-state index contributed by atoms with van der Waals surface area (Å²) in [6.45, 7) is 4.80. The van der Waals surface area contributed by atoms with Gasteiger partial charge in [-0.2, -0.15) is 4.98 Å². The van der Waals surface area contributed by atoms with Crippen LogP contribution in [0.1, 0.15) is 5.56 Å². The predicted molar refractivity (Wildman–Crippen MR) is 69.2 cm³/mol. The molecular formula is C13H15N3O3. The molecule has 100 valence electrons. The maximum absolute atomic E-state index is 9.40. The monoisotopic (exact) mass is 261 g/mol. The van der Waals surface area contributed by atoms with Crippen molar-refractivity contribution in [2.24, 2.45) is 0 Å². The van der Waals surface area contributed by atoms with E-state index < -0.39 is 0 Å². The highest BCUT2D eigenvalue weighted by Gasteiger charge is 2.18. The van der Waals surface area contributed by atoms with E-state index in [2.05, 4.69) is 10.1 Å². The van der Waals surface area contributed by atoms with Gasteiger partial charge < -0.3 is 19.3 Å². The van der Waals surface area contributed by atoms with Crippen LogP contribution in [0.2, 0.25) is 0 Å². The fourth-order valence-corrected chi connectivity index (χ4v) is 2.10. The van der Waals surface area contributed by atoms with E-state index in [1.165, 1.54) is 0 Å². The molecule has 0 spiro atoms. The van der Waals surface area contributed by atoms with Gasteiger partial charge in [-0.15, -0.1) is 0 Å². The molecule has 1 aromatic heterocycles. The molecule has 0 unspecified atom stereocenters. The number of nitrogens with zero attached hydrogens (tertiary/aromatic N) is 3. The number of aromatic hydroxyl groups is 1. The predicted octanol–water partition coefficient (Wildman–Crippen LogP) is 1.59. The van der Waals surface area contributed by atoms with Crippen molar-refractivity contribution >= 4 is 5.95 Å². The van der Waals surface area contributed by atoms with Crippen LogP contribution in [0, 0.1) is 6.92 Å². The van der Waals surface area contributed by atoms with Crippen molar-refractivity contribution in [2.75, 3.05) is 31.2 Å². The Labute approximate surface area is 110 Å². The van der Waals surface area contributed by atoms with Gasteiger partial charge in [-0.25, -0.2) is 0 Å². The number of benzene rings is 1. The maximum atomic E-state index is 9.40. The normalized spacial score (nSPS) is 15.7. The van der Waals surface area contributed by atoms with Gasteiger partial charge in [0.15, 0.2) is 0 Å². The first-order valence-corrected chi connectivity index (χ1v) is 6.20. The van der Waals surface area contributed by atoms with Crippen LogP contribution in [0.4, 0.5) is 5.95 Å². The molecule has 1 N–H and O–H groups in total. The Morgan fingerprint density at radius 2 is 2.05 bits per heavy atom. The number of hydrogen-bond donors (Lipinski definition) is 1. The van der Waals surface area contributed by atoms with Crippen molar-refractivity contribution in [2.45, 2.75) is 6.92 Å². The Morgan fingerprint density at radius 3 is 2.79 bits per heavy atom. The van der Waals surface area contributed by atoms with Crippen molar-refractivity contribution in [3.05, 3.63) is 23.8 Å². The molecule has 6 heteroatoms. The first-order chi connectivity index (χ1) is 9.24. The first-order valence-electron chi connectivity index (χ1n) is 6.20. The van der Waals surface area contributed by atoms with E-state index in [9.17, 15) is 5.11 Å². The van der Waals surface area contributed by atoms with Gasteiger partial charge in [-0.05, 0) is 35.8 Å². The van der Waals surface area contributed by atoms with Gasteiger partial charge in [0.25, 0.3) is 11.8 Å². The molecule has 3 rings (SSSR count). The van der Waals surface area contributed by atoms with Crippen LogP contribution >= 0.6 is 0 Å². The number of morpholine rings is 1. The van der Waals surface area contributed by atoms with Gasteiger partial charge in [-0.1, -0.05) is 0 Å². The SMILES string of the molecule is Cc1cc(O)ccc1-c1nc(N2CCOCC2)no1. The number of hydrogen-bond acceptors (Lipinski definition) is 6. The van der Waals surface area contributed by atoms with E-state index in [4.69, 9.17) is 9.26 Å². The van der Waals surface area contributed by atoms with Crippen molar-refractivity contribution in [3.8, 4) is 17.2 Å². The largest absolute Gasteiger partial charge is 0.508 e. The Morgan fingerprint density at radius 1 is 1.26 bits per heavy atom. The number of anilines is 1. The van der Waals surface area contributed by atoms with Crippen LogP contribution in [0.15, 0.2) is 22.7 Å². The van der Waals surface area contributed by atoms with Gasteiger partial charge in [0, 0.05) is 18.7 Å². The molecule has 0 amide bonds. The number of phenols is 1. The number of rotatable bonds is 2. The summed E-state index contributed by atoms with van der Waals surface area (Å²) in [4.78, 5) is 6.44. The number of aromatic nitrogens is 2. The lowest BCUT2D eigenvalue weighted by Gasteiger charge is -2.24. The van der Waals surface area contributed by atoms with Gasteiger partial charge in [0.05, 0.1) is 13.2 Å². The lowest BCUT2D eigenvalue weighted by molar-refractivity contribution is 0.121. The van der Waals surface area contributed by atoms with Crippen molar-refractivity contribution in [3.63, 3.8) is 0 Å². The van der Waals surface area contributed by atoms with E-state index in [1.54, 1.807) is 18.2 Å². The average Bonchev–Trinajstić information content (AvgIpc) is 2.89. The quantitative estimate of drug-likeness (QED) is 0.885. The third kappa shape index (κ3) is 2.39. The minimum atomic E-state index is 0.231. The summed E-state index contributed by atoms with van der Waals surface area (Å²) in [6, 6.07) is 5.07. The highest BCUT2D eigenvalue weighted by molar-refractivity contribution is 5.60. The summed E-state index contributed by atoms with van der Waals surface area (Å²) >= 11 is 0. The van der Waals surface area contributed by atoms with E-state index in [-0.39, 0.29) is 5.75 Å². The number of phenolic OH excluding ortho intramolecular Hbond substituents is 1. The topological polar surface area (TPSA) is 71.6 Å². The van der Waals surface area contributed by atoms with Crippen molar-refractivity contribution in [1.82, 2.24) is 10.1 Å². The summed E-state index contributed by atoms with van der Waals surface area (Å²) < 4.78 is 10.6. The van der Waals surface area contributed by atoms with Crippen LogP contribution in [-0.4, -0.2) is 41.6 Å². The minimum absolute atomic E-state index is 0.231. The van der Waals surface area contributed by atoms with Crippen LogP contribution in [0.3, 0.4) is 0 Å². The fraction of sp³-hybridized carbons (Fsp3) is 0.385. The van der Waals surface area contributed by atoms with Crippen LogP contribution in [0.25, 0.3) is 11.5 Å². The molecule has 1 aliphatic rings. The highest BCUT2D eigenvalue weighted by Crippen LogP contribution is 2.26. The molecule has 6 nitrogen and oxygen atoms in total. The Kier molecular flexibility index (Phi) is 3.08. The zero-order chi connectivity index (χ0) is 13.2. The molecule has 1 saturated heterocycles. The van der Waals surface area contributed by atoms with Gasteiger partial charge in [0.1, 0.15) is 5.75 Å². The standard InChI is InChI=1S/C13H15N3O3/c1-9-8-10(17)2-3-11(9)12-14-13(15-19-12)16-4-6-18-7-5-16/h2-3,8,17H,4-7H2,1H3. The van der Waals surface area contributed by atoms with E-state index in [1.807, 2.05) is 11.8 Å². The highest BCUT2D eigenvalue weighted by atomic mass is 16.5. The molecule has 1 fully saturated rings. The molecule has 1 aliphatic heterocycles. The molecule has 0 bridgehead atoms. The third-order valence-corrected chi connectivity index (χ3v) is 3.15. The maximum Gasteiger partial charge on any atom is 0.266 e. The molecule has 1 aromatic carbocycles. The summed E-state index contributed by atoms with van der Waals surface area (Å²) in [6.07, 6.45) is 0. The zero-order valence-corrected chi connectivity index (χ0v) is 10.7. The Balaban J connectivity index is 1.87. The van der Waals surface area contributed by atoms with Gasteiger partial charge in [0.2, 0.25) is 0 Å². The zero-order valence-electron chi connectivity index (χ0n) is 10.7. The Bertz CT molecular complexity index is 576. The lowest BCUT2D eigenvalue weighted by atomic mass is 10.1. The molecule has 2 heterocycles. The van der Waals surface area contributed by atoms with Crippen LogP contribution < -0.4 is 4.90 Å². The minimum Gasteiger partial charge on any atom is -0.508 e. The van der Waals surface area contributed by atoms with Gasteiger partial charge in [-0.3, -0.25) is 0 Å². The van der Waals surface area contributed by atoms with Crippen LogP contribution in [-0.2, 0) is 4.74 Å². The third-order valence-electron chi connectivity index (χ3n) is 3.15. The molecular weight excluding hydrogens is 246 g/mol. The second kappa shape index (κ2) is 4.89. The van der Waals surface area contributed by atoms with Crippen LogP contribution in [0.5, 0.6) is 5.75 Å². The molecule has 0 atom stereocenters. The van der Waals surface area contributed by atoms with Crippen molar-refractivity contribution in [1.29, 1.82) is 0 Å². The molecule has 0 radical (unpaired) electrons. The average molecular weight is 261 g/mol. The van der Waals surface area contributed by atoms with Crippen molar-refractivity contribution < 1.29 is 14.4 Å². The summed E-state index contributed by atoms with van der Waals surface area (Å²) in [5.41, 5.74) is 1.74. The number of ether oxygens (including phenoxy) is 1. The smallest absolute Gasteiger partial charge is 0.266 e. The van der Waals surface area contributed by atoms with Gasteiger partial charge >= 0.3 is 0 Å². The summed E-state index contributed by atoms with van der Waals surface area (Å²) in [5.74, 6) is 1.29. The number of aryl methyl sites for hydroxylation is 1. The Hall–Kier alpha value is -2.08. The first kappa shape index (κ1) is 12.0.